The molecule has 0 aliphatic carbocycles. The number of rotatable bonds is 40. The second kappa shape index (κ2) is 41.7. The first-order chi connectivity index (χ1) is 37.5. The maximum absolute atomic E-state index is 13.4. The third-order valence-corrected chi connectivity index (χ3v) is 13.7. The van der Waals surface area contributed by atoms with Crippen molar-refractivity contribution in [3.05, 3.63) is 39.0 Å². The van der Waals surface area contributed by atoms with E-state index < -0.39 is 5.60 Å². The summed E-state index contributed by atoms with van der Waals surface area (Å²) in [6.45, 7) is 18.4. The Morgan fingerprint density at radius 2 is 0.731 bits per heavy atom. The third-order valence-electron chi connectivity index (χ3n) is 13.7. The Hall–Kier alpha value is -5.31. The van der Waals surface area contributed by atoms with Gasteiger partial charge in [-0.05, 0) is 112 Å². The van der Waals surface area contributed by atoms with Crippen molar-refractivity contribution in [3.8, 4) is 40.2 Å². The molecule has 2 aromatic rings. The summed E-state index contributed by atoms with van der Waals surface area (Å²) in [4.78, 5) is 38.4. The molecule has 5 N–H and O–H groups in total. The predicted octanol–water partition coefficient (Wildman–Crippen LogP) is 14.2. The van der Waals surface area contributed by atoms with Crippen LogP contribution in [0.15, 0.2) is 11.1 Å². The number of amides is 3. The van der Waals surface area contributed by atoms with Crippen LogP contribution >= 0.6 is 0 Å². The molecule has 3 amide bonds. The number of benzene rings is 2. The average Bonchev–Trinajstić information content (AvgIpc) is 3.42. The van der Waals surface area contributed by atoms with Crippen molar-refractivity contribution < 1.29 is 52.3 Å². The Balaban J connectivity index is 0.000000789. The number of nitrogens with one attached hydrogen (secondary N) is 3. The summed E-state index contributed by atoms with van der Waals surface area (Å²) >= 11 is 0. The van der Waals surface area contributed by atoms with Crippen LogP contribution in [0.25, 0.3) is 12.2 Å². The maximum atomic E-state index is 13.4. The van der Waals surface area contributed by atoms with E-state index in [0.29, 0.717) is 79.3 Å². The molecule has 0 fully saturated rings. The molecule has 0 atom stereocenters. The number of unbranched alkanes of at least 4 members (excludes halogenated alkanes) is 18. The van der Waals surface area contributed by atoms with Crippen molar-refractivity contribution in [2.75, 3.05) is 75.9 Å². The molecule has 15 heteroatoms. The van der Waals surface area contributed by atoms with Gasteiger partial charge in [-0.2, -0.15) is 0 Å². The van der Waals surface area contributed by atoms with Crippen molar-refractivity contribution >= 4 is 30.1 Å². The van der Waals surface area contributed by atoms with Gasteiger partial charge in [0.1, 0.15) is 11.4 Å². The molecule has 0 saturated heterocycles. The molecule has 0 spiro atoms. The van der Waals surface area contributed by atoms with E-state index in [1.54, 1.807) is 49.8 Å². The number of carbonyl (C=O) groups is 3. The van der Waals surface area contributed by atoms with E-state index >= 15 is 0 Å². The van der Waals surface area contributed by atoms with Gasteiger partial charge in [0.05, 0.1) is 49.8 Å². The van der Waals surface area contributed by atoms with Gasteiger partial charge in [0, 0.05) is 58.6 Å². The molecule has 0 saturated carbocycles. The van der Waals surface area contributed by atoms with Crippen LogP contribution in [0.4, 0.5) is 4.79 Å². The van der Waals surface area contributed by atoms with Crippen LogP contribution in [0, 0.1) is 20.8 Å². The van der Waals surface area contributed by atoms with E-state index in [4.69, 9.17) is 43.6 Å². The molecule has 2 aromatic carbocycles. The summed E-state index contributed by atoms with van der Waals surface area (Å²) in [6, 6.07) is 0. The first-order valence-electron chi connectivity index (χ1n) is 29.3. The van der Waals surface area contributed by atoms with Gasteiger partial charge < -0.3 is 59.6 Å². The molecule has 0 heterocycles. The lowest BCUT2D eigenvalue weighted by atomic mass is 9.96. The summed E-state index contributed by atoms with van der Waals surface area (Å²) in [5.41, 5.74) is 10.7. The zero-order chi connectivity index (χ0) is 58.3. The Kier molecular flexibility index (Phi) is 37.8. The molecule has 0 aliphatic rings. The second-order valence-corrected chi connectivity index (χ2v) is 21.1. The Morgan fingerprint density at radius 3 is 1.12 bits per heavy atom. The van der Waals surface area contributed by atoms with Gasteiger partial charge in [0.25, 0.3) is 0 Å². The number of ether oxygens (including phenoxy) is 8. The highest BCUT2D eigenvalue weighted by Crippen LogP contribution is 2.50. The number of nitrogens with two attached hydrogens (primary N) is 1. The SMILES string of the molecule is CCCCCCCCC/C(=C\c1c(C)c(OC)c(OC)c(C)c1OC)C(=O)NCCCCCCNC(=O)OC(C)(C)C.CCCCCCCCC/C(=C\c1c(C)c(OC)c(OC)c(OC)c1OC)C(=O)NCCCCCCN. The van der Waals surface area contributed by atoms with Gasteiger partial charge in [-0.15, -0.1) is 0 Å². The van der Waals surface area contributed by atoms with Crippen LogP contribution in [0.5, 0.6) is 40.2 Å². The lowest BCUT2D eigenvalue weighted by Gasteiger charge is -2.21. The fourth-order valence-corrected chi connectivity index (χ4v) is 9.41. The number of hydrogen-bond donors (Lipinski definition) is 4. The smallest absolute Gasteiger partial charge is 0.407 e. The van der Waals surface area contributed by atoms with Gasteiger partial charge >= 0.3 is 6.09 Å². The van der Waals surface area contributed by atoms with Crippen molar-refractivity contribution in [1.29, 1.82) is 0 Å². The summed E-state index contributed by atoms with van der Waals surface area (Å²) < 4.78 is 44.9. The summed E-state index contributed by atoms with van der Waals surface area (Å²) in [7, 11) is 11.2. The number of hydrogen-bond acceptors (Lipinski definition) is 12. The summed E-state index contributed by atoms with van der Waals surface area (Å²) in [6.07, 6.45) is 29.4. The molecule has 0 aromatic heterocycles. The highest BCUT2D eigenvalue weighted by molar-refractivity contribution is 5.99. The molecule has 0 unspecified atom stereocenters. The molecule has 0 aliphatic heterocycles. The minimum Gasteiger partial charge on any atom is -0.496 e. The Labute approximate surface area is 472 Å². The first-order valence-corrected chi connectivity index (χ1v) is 29.3. The molecule has 78 heavy (non-hydrogen) atoms. The van der Waals surface area contributed by atoms with Crippen molar-refractivity contribution in [1.82, 2.24) is 16.0 Å². The van der Waals surface area contributed by atoms with Gasteiger partial charge in [0.2, 0.25) is 23.3 Å². The van der Waals surface area contributed by atoms with Gasteiger partial charge in [-0.3, -0.25) is 9.59 Å². The minimum atomic E-state index is -0.494. The average molecular weight is 1100 g/mol. The van der Waals surface area contributed by atoms with Crippen LogP contribution in [-0.2, 0) is 14.3 Å². The van der Waals surface area contributed by atoms with Crippen molar-refractivity contribution in [2.24, 2.45) is 5.73 Å². The van der Waals surface area contributed by atoms with Crippen molar-refractivity contribution in [3.63, 3.8) is 0 Å². The van der Waals surface area contributed by atoms with Crippen LogP contribution < -0.4 is 54.8 Å². The molecule has 2 rings (SSSR count). The van der Waals surface area contributed by atoms with Gasteiger partial charge in [-0.25, -0.2) is 4.79 Å². The van der Waals surface area contributed by atoms with Gasteiger partial charge in [0.15, 0.2) is 23.0 Å². The second-order valence-electron chi connectivity index (χ2n) is 21.1. The standard InChI is InChI=1S/C34H58N2O6.C29H50N2O5/c1-10-11-12-13-14-15-18-21-27(24-28-25(2)30(40-8)31(41-9)26(3)29(28)39-7)32(37)35-22-19-16-17-20-23-36-33(38)42-34(4,5)6;1-7-8-9-10-11-12-15-18-23(29(32)31-20-17-14-13-16-19-30)21-24-22(2)25(33-3)27(35-5)28(36-6)26(24)34-4/h24H,10-23H2,1-9H3,(H,35,37)(H,36,38);21H,7-20,30H2,1-6H3,(H,31,32)/b27-24+;23-21+. The number of methoxy groups -OCH3 is 7. The lowest BCUT2D eigenvalue weighted by molar-refractivity contribution is -0.118. The van der Waals surface area contributed by atoms with E-state index in [1.807, 2.05) is 53.7 Å². The zero-order valence-corrected chi connectivity index (χ0v) is 51.5. The largest absolute Gasteiger partial charge is 0.496 e. The maximum Gasteiger partial charge on any atom is 0.407 e. The molecular formula is C63H108N4O11. The first kappa shape index (κ1) is 70.7. The zero-order valence-electron chi connectivity index (χ0n) is 51.5. The van der Waals surface area contributed by atoms with Gasteiger partial charge in [-0.1, -0.05) is 117 Å². The van der Waals surface area contributed by atoms with E-state index in [-0.39, 0.29) is 17.9 Å². The highest BCUT2D eigenvalue weighted by Gasteiger charge is 2.26. The van der Waals surface area contributed by atoms with Crippen LogP contribution in [0.1, 0.15) is 217 Å². The van der Waals surface area contributed by atoms with Crippen LogP contribution in [-0.4, -0.2) is 99.5 Å². The molecule has 15 nitrogen and oxygen atoms in total. The summed E-state index contributed by atoms with van der Waals surface area (Å²) in [5, 5.41) is 9.05. The third kappa shape index (κ3) is 26.1. The predicted molar refractivity (Wildman–Crippen MR) is 320 cm³/mol. The fourth-order valence-electron chi connectivity index (χ4n) is 9.41. The number of carbonyl (C=O) groups excluding carboxylic acids is 3. The summed E-state index contributed by atoms with van der Waals surface area (Å²) in [5.74, 6) is 3.93. The highest BCUT2D eigenvalue weighted by atomic mass is 16.6. The Morgan fingerprint density at radius 1 is 0.410 bits per heavy atom. The van der Waals surface area contributed by atoms with E-state index in [2.05, 4.69) is 29.8 Å². The molecule has 0 bridgehead atoms. The Bertz CT molecular complexity index is 2100. The molecule has 0 radical (unpaired) electrons. The monoisotopic (exact) mass is 1100 g/mol. The lowest BCUT2D eigenvalue weighted by Crippen LogP contribution is -2.33. The molecule has 446 valence electrons. The van der Waals surface area contributed by atoms with E-state index in [0.717, 1.165) is 116 Å². The quantitative estimate of drug-likeness (QED) is 0.0366. The van der Waals surface area contributed by atoms with Crippen LogP contribution in [0.2, 0.25) is 0 Å². The van der Waals surface area contributed by atoms with E-state index in [9.17, 15) is 14.4 Å². The van der Waals surface area contributed by atoms with Crippen molar-refractivity contribution in [2.45, 2.75) is 215 Å². The van der Waals surface area contributed by atoms with E-state index in [1.165, 1.54) is 64.2 Å². The fraction of sp³-hybridized carbons (Fsp3) is 0.698. The topological polar surface area (TPSA) is 187 Å². The number of alkyl carbamates (subject to hydrolysis) is 1. The minimum absolute atomic E-state index is 0.0324. The van der Waals surface area contributed by atoms with Crippen LogP contribution in [0.3, 0.4) is 0 Å². The molecular weight excluding hydrogens is 989 g/mol. The normalized spacial score (nSPS) is 11.5.